The fourth-order valence-electron chi connectivity index (χ4n) is 2.56. The Labute approximate surface area is 151 Å². The SMILES string of the molecule is COc1ccc(C(=O)CSc2nnc(CN3CCOCC3)n2C)cc1. The van der Waals surface area contributed by atoms with Crippen molar-refractivity contribution in [3.05, 3.63) is 35.7 Å². The van der Waals surface area contributed by atoms with Crippen LogP contribution in [0.5, 0.6) is 5.75 Å². The van der Waals surface area contributed by atoms with E-state index >= 15 is 0 Å². The lowest BCUT2D eigenvalue weighted by molar-refractivity contribution is 0.0326. The predicted octanol–water partition coefficient (Wildman–Crippen LogP) is 1.63. The van der Waals surface area contributed by atoms with E-state index in [0.717, 1.165) is 49.6 Å². The molecule has 0 unspecified atom stereocenters. The summed E-state index contributed by atoms with van der Waals surface area (Å²) in [6, 6.07) is 7.14. The molecule has 0 amide bonds. The van der Waals surface area contributed by atoms with Gasteiger partial charge in [0.15, 0.2) is 10.9 Å². The van der Waals surface area contributed by atoms with Crippen molar-refractivity contribution in [2.75, 3.05) is 39.2 Å². The lowest BCUT2D eigenvalue weighted by atomic mass is 10.1. The number of methoxy groups -OCH3 is 1. The van der Waals surface area contributed by atoms with Crippen molar-refractivity contribution in [2.24, 2.45) is 7.05 Å². The van der Waals surface area contributed by atoms with Crippen molar-refractivity contribution < 1.29 is 14.3 Å². The van der Waals surface area contributed by atoms with Crippen molar-refractivity contribution >= 4 is 17.5 Å². The minimum Gasteiger partial charge on any atom is -0.497 e. The summed E-state index contributed by atoms with van der Waals surface area (Å²) in [5.41, 5.74) is 0.670. The van der Waals surface area contributed by atoms with Crippen molar-refractivity contribution in [3.8, 4) is 5.75 Å². The average Bonchev–Trinajstić information content (AvgIpc) is 3.00. The van der Waals surface area contributed by atoms with Gasteiger partial charge >= 0.3 is 0 Å². The van der Waals surface area contributed by atoms with Gasteiger partial charge in [0.05, 0.1) is 32.6 Å². The van der Waals surface area contributed by atoms with Crippen LogP contribution in [0.2, 0.25) is 0 Å². The molecule has 134 valence electrons. The molecule has 25 heavy (non-hydrogen) atoms. The zero-order valence-corrected chi connectivity index (χ0v) is 15.3. The van der Waals surface area contributed by atoms with E-state index in [2.05, 4.69) is 15.1 Å². The highest BCUT2D eigenvalue weighted by Crippen LogP contribution is 2.19. The van der Waals surface area contributed by atoms with Crippen LogP contribution in [0.1, 0.15) is 16.2 Å². The van der Waals surface area contributed by atoms with Gasteiger partial charge in [0.2, 0.25) is 0 Å². The summed E-state index contributed by atoms with van der Waals surface area (Å²) in [6.07, 6.45) is 0. The van der Waals surface area contributed by atoms with E-state index in [-0.39, 0.29) is 5.78 Å². The van der Waals surface area contributed by atoms with Gasteiger partial charge in [0, 0.05) is 25.7 Å². The summed E-state index contributed by atoms with van der Waals surface area (Å²) < 4.78 is 12.4. The smallest absolute Gasteiger partial charge is 0.191 e. The van der Waals surface area contributed by atoms with Gasteiger partial charge in [-0.15, -0.1) is 10.2 Å². The number of ketones is 1. The molecule has 2 aromatic rings. The van der Waals surface area contributed by atoms with Gasteiger partial charge in [0.1, 0.15) is 11.6 Å². The number of hydrogen-bond donors (Lipinski definition) is 0. The van der Waals surface area contributed by atoms with Crippen molar-refractivity contribution in [1.29, 1.82) is 0 Å². The summed E-state index contributed by atoms with van der Waals surface area (Å²) in [6.45, 7) is 4.09. The summed E-state index contributed by atoms with van der Waals surface area (Å²) in [5, 5.41) is 9.24. The van der Waals surface area contributed by atoms with E-state index in [9.17, 15) is 4.79 Å². The number of morpholine rings is 1. The maximum Gasteiger partial charge on any atom is 0.191 e. The first-order valence-electron chi connectivity index (χ1n) is 8.16. The Morgan fingerprint density at radius 3 is 2.64 bits per heavy atom. The third kappa shape index (κ3) is 4.59. The number of benzene rings is 1. The first-order valence-corrected chi connectivity index (χ1v) is 9.14. The van der Waals surface area contributed by atoms with Gasteiger partial charge < -0.3 is 14.0 Å². The van der Waals surface area contributed by atoms with Gasteiger partial charge in [-0.05, 0) is 24.3 Å². The van der Waals surface area contributed by atoms with Crippen LogP contribution < -0.4 is 4.74 Å². The molecular formula is C17H22N4O3S. The summed E-state index contributed by atoms with van der Waals surface area (Å²) in [7, 11) is 3.55. The quantitative estimate of drug-likeness (QED) is 0.548. The number of rotatable bonds is 7. The van der Waals surface area contributed by atoms with E-state index < -0.39 is 0 Å². The highest BCUT2D eigenvalue weighted by molar-refractivity contribution is 7.99. The highest BCUT2D eigenvalue weighted by atomic mass is 32.2. The lowest BCUT2D eigenvalue weighted by Crippen LogP contribution is -2.36. The molecule has 0 aliphatic carbocycles. The Morgan fingerprint density at radius 1 is 1.24 bits per heavy atom. The first-order chi connectivity index (χ1) is 12.2. The Kier molecular flexibility index (Phi) is 6.06. The lowest BCUT2D eigenvalue weighted by Gasteiger charge is -2.25. The summed E-state index contributed by atoms with van der Waals surface area (Å²) >= 11 is 1.41. The molecule has 0 atom stereocenters. The second-order valence-corrected chi connectivity index (χ2v) is 6.73. The number of aromatic nitrogens is 3. The number of hydrogen-bond acceptors (Lipinski definition) is 7. The number of thioether (sulfide) groups is 1. The van der Waals surface area contributed by atoms with Gasteiger partial charge in [-0.1, -0.05) is 11.8 Å². The molecule has 1 aliphatic rings. The van der Waals surface area contributed by atoms with E-state index in [1.54, 1.807) is 31.4 Å². The number of nitrogens with zero attached hydrogens (tertiary/aromatic N) is 4. The minimum absolute atomic E-state index is 0.0605. The van der Waals surface area contributed by atoms with Crippen molar-refractivity contribution in [2.45, 2.75) is 11.7 Å². The van der Waals surface area contributed by atoms with Gasteiger partial charge in [-0.25, -0.2) is 0 Å². The van der Waals surface area contributed by atoms with Gasteiger partial charge in [0.25, 0.3) is 0 Å². The van der Waals surface area contributed by atoms with Crippen LogP contribution in [0, 0.1) is 0 Å². The monoisotopic (exact) mass is 362 g/mol. The molecule has 0 saturated carbocycles. The molecule has 7 nitrogen and oxygen atoms in total. The molecule has 1 fully saturated rings. The van der Waals surface area contributed by atoms with E-state index in [4.69, 9.17) is 9.47 Å². The van der Waals surface area contributed by atoms with Gasteiger partial charge in [-0.3, -0.25) is 9.69 Å². The molecule has 0 N–H and O–H groups in total. The Balaban J connectivity index is 1.56. The number of carbonyl (C=O) groups excluding carboxylic acids is 1. The maximum atomic E-state index is 12.3. The Hall–Kier alpha value is -1.90. The molecule has 1 saturated heterocycles. The summed E-state index contributed by atoms with van der Waals surface area (Å²) in [5.74, 6) is 2.03. The molecule has 1 aliphatic heterocycles. The van der Waals surface area contributed by atoms with Crippen LogP contribution in [-0.2, 0) is 18.3 Å². The Bertz CT molecular complexity index is 711. The topological polar surface area (TPSA) is 69.5 Å². The molecule has 8 heteroatoms. The third-order valence-corrected chi connectivity index (χ3v) is 5.16. The van der Waals surface area contributed by atoms with E-state index in [1.807, 2.05) is 11.6 Å². The maximum absolute atomic E-state index is 12.3. The summed E-state index contributed by atoms with van der Waals surface area (Å²) in [4.78, 5) is 14.6. The molecule has 1 aromatic heterocycles. The predicted molar refractivity (Wildman–Crippen MR) is 95.1 cm³/mol. The molecule has 0 radical (unpaired) electrons. The van der Waals surface area contributed by atoms with Crippen LogP contribution in [-0.4, -0.2) is 64.6 Å². The molecule has 0 spiro atoms. The van der Waals surface area contributed by atoms with E-state index in [1.165, 1.54) is 11.8 Å². The minimum atomic E-state index is 0.0605. The highest BCUT2D eigenvalue weighted by Gasteiger charge is 2.17. The molecule has 0 bridgehead atoms. The zero-order valence-electron chi connectivity index (χ0n) is 14.5. The zero-order chi connectivity index (χ0) is 17.6. The standard InChI is InChI=1S/C17H22N4O3S/c1-20-16(11-21-7-9-24-10-8-21)18-19-17(20)25-12-15(22)13-3-5-14(23-2)6-4-13/h3-6H,7-12H2,1-2H3. The molecule has 3 rings (SSSR count). The first kappa shape index (κ1) is 17.9. The normalized spacial score (nSPS) is 15.3. The van der Waals surface area contributed by atoms with Gasteiger partial charge in [-0.2, -0.15) is 0 Å². The fourth-order valence-corrected chi connectivity index (χ4v) is 3.38. The van der Waals surface area contributed by atoms with E-state index in [0.29, 0.717) is 11.3 Å². The van der Waals surface area contributed by atoms with Crippen LogP contribution in [0.4, 0.5) is 0 Å². The van der Waals surface area contributed by atoms with Crippen molar-refractivity contribution in [1.82, 2.24) is 19.7 Å². The van der Waals surface area contributed by atoms with Crippen LogP contribution >= 0.6 is 11.8 Å². The van der Waals surface area contributed by atoms with Crippen LogP contribution in [0.3, 0.4) is 0 Å². The fraction of sp³-hybridized carbons (Fsp3) is 0.471. The Morgan fingerprint density at radius 2 is 1.96 bits per heavy atom. The largest absolute Gasteiger partial charge is 0.497 e. The second kappa shape index (κ2) is 8.46. The van der Waals surface area contributed by atoms with Crippen molar-refractivity contribution in [3.63, 3.8) is 0 Å². The molecule has 1 aromatic carbocycles. The third-order valence-electron chi connectivity index (χ3n) is 4.14. The molecule has 2 heterocycles. The van der Waals surface area contributed by atoms with Crippen LogP contribution in [0.15, 0.2) is 29.4 Å². The number of Topliss-reactive ketones (excluding diaryl/α,β-unsaturated/α-hetero) is 1. The second-order valence-electron chi connectivity index (χ2n) is 5.79. The number of carbonyl (C=O) groups is 1. The van der Waals surface area contributed by atoms with Crippen LogP contribution in [0.25, 0.3) is 0 Å². The molecular weight excluding hydrogens is 340 g/mol. The average molecular weight is 362 g/mol. The number of ether oxygens (including phenoxy) is 2.